The van der Waals surface area contributed by atoms with Crippen molar-refractivity contribution in [2.75, 3.05) is 23.8 Å². The number of nitrogens with zero attached hydrogens (tertiary/aromatic N) is 1. The third-order valence-electron chi connectivity index (χ3n) is 5.33. The molecule has 2 saturated heterocycles. The van der Waals surface area contributed by atoms with Crippen LogP contribution < -0.4 is 10.2 Å². The Kier molecular flexibility index (Phi) is 6.52. The molecule has 2 aliphatic rings. The number of benzene rings is 2. The number of thioether (sulfide) groups is 1. The van der Waals surface area contributed by atoms with E-state index in [0.717, 1.165) is 54.3 Å². The maximum atomic E-state index is 12.8. The summed E-state index contributed by atoms with van der Waals surface area (Å²) in [4.78, 5) is 27.6. The lowest BCUT2D eigenvalue weighted by atomic mass is 10.1. The van der Waals surface area contributed by atoms with E-state index in [4.69, 9.17) is 4.74 Å². The van der Waals surface area contributed by atoms with Crippen molar-refractivity contribution in [2.45, 2.75) is 43.2 Å². The predicted molar refractivity (Wildman–Crippen MR) is 115 cm³/mol. The zero-order chi connectivity index (χ0) is 20.1. The first kappa shape index (κ1) is 20.0. The first-order chi connectivity index (χ1) is 14.2. The average molecular weight is 411 g/mol. The molecule has 2 fully saturated rings. The Hall–Kier alpha value is -2.31. The number of carbonyl (C=O) groups excluding carboxylic acids is 2. The van der Waals surface area contributed by atoms with Crippen LogP contribution in [-0.4, -0.2) is 36.8 Å². The van der Waals surface area contributed by atoms with E-state index in [1.165, 1.54) is 0 Å². The van der Waals surface area contributed by atoms with Crippen LogP contribution in [0.4, 0.5) is 5.69 Å². The van der Waals surface area contributed by atoms with E-state index >= 15 is 0 Å². The molecule has 2 amide bonds. The number of ether oxygens (including phenoxy) is 1. The second-order valence-electron chi connectivity index (χ2n) is 7.44. The Balaban J connectivity index is 1.38. The minimum atomic E-state index is -0.0805. The normalized spacial score (nSPS) is 19.0. The highest BCUT2D eigenvalue weighted by Crippen LogP contribution is 2.27. The molecular weight excluding hydrogens is 384 g/mol. The smallest absolute Gasteiger partial charge is 0.252 e. The van der Waals surface area contributed by atoms with Gasteiger partial charge in [0.1, 0.15) is 0 Å². The minimum absolute atomic E-state index is 0.0805. The van der Waals surface area contributed by atoms with Crippen LogP contribution >= 0.6 is 11.8 Å². The number of hydrogen-bond acceptors (Lipinski definition) is 4. The standard InChI is InChI=1S/C23H26N2O3S/c26-22-11-4-12-25(22)18-7-3-6-17(14-18)15-24-23(27)20-9-1-2-10-21(20)29-16-19-8-5-13-28-19/h1-3,6-7,9-10,14,19H,4-5,8,11-13,15-16H2,(H,24,27). The topological polar surface area (TPSA) is 58.6 Å². The van der Waals surface area contributed by atoms with Gasteiger partial charge >= 0.3 is 0 Å². The van der Waals surface area contributed by atoms with Crippen LogP contribution in [0.15, 0.2) is 53.4 Å². The molecule has 2 aromatic rings. The molecule has 0 radical (unpaired) electrons. The molecule has 5 nitrogen and oxygen atoms in total. The Bertz CT molecular complexity index is 880. The van der Waals surface area contributed by atoms with E-state index in [1.807, 2.05) is 53.4 Å². The summed E-state index contributed by atoms with van der Waals surface area (Å²) in [5.41, 5.74) is 2.59. The fourth-order valence-electron chi connectivity index (χ4n) is 3.77. The Morgan fingerprint density at radius 3 is 2.86 bits per heavy atom. The number of amides is 2. The van der Waals surface area contributed by atoms with E-state index in [-0.39, 0.29) is 17.9 Å². The molecule has 0 aliphatic carbocycles. The molecule has 152 valence electrons. The molecule has 29 heavy (non-hydrogen) atoms. The van der Waals surface area contributed by atoms with Gasteiger partial charge in [-0.25, -0.2) is 0 Å². The number of nitrogens with one attached hydrogen (secondary N) is 1. The van der Waals surface area contributed by atoms with E-state index in [9.17, 15) is 9.59 Å². The lowest BCUT2D eigenvalue weighted by Crippen LogP contribution is -2.25. The van der Waals surface area contributed by atoms with Gasteiger partial charge < -0.3 is 15.0 Å². The second-order valence-corrected chi connectivity index (χ2v) is 8.51. The highest BCUT2D eigenvalue weighted by molar-refractivity contribution is 7.99. The predicted octanol–water partition coefficient (Wildman–Crippen LogP) is 4.01. The number of anilines is 1. The molecular formula is C23H26N2O3S. The third kappa shape index (κ3) is 5.00. The number of hydrogen-bond donors (Lipinski definition) is 1. The molecule has 0 spiro atoms. The molecule has 2 aromatic carbocycles. The number of rotatable bonds is 7. The maximum absolute atomic E-state index is 12.8. The fraction of sp³-hybridized carbons (Fsp3) is 0.391. The van der Waals surface area contributed by atoms with Crippen LogP contribution in [0, 0.1) is 0 Å². The fourth-order valence-corrected chi connectivity index (χ4v) is 4.89. The van der Waals surface area contributed by atoms with E-state index in [1.54, 1.807) is 11.8 Å². The monoisotopic (exact) mass is 410 g/mol. The first-order valence-electron chi connectivity index (χ1n) is 10.2. The van der Waals surface area contributed by atoms with Gasteiger partial charge in [0, 0.05) is 42.5 Å². The molecule has 1 atom stereocenters. The summed E-state index contributed by atoms with van der Waals surface area (Å²) in [7, 11) is 0. The Morgan fingerprint density at radius 2 is 2.07 bits per heavy atom. The van der Waals surface area contributed by atoms with Crippen molar-refractivity contribution < 1.29 is 14.3 Å². The summed E-state index contributed by atoms with van der Waals surface area (Å²) in [6, 6.07) is 15.6. The summed E-state index contributed by atoms with van der Waals surface area (Å²) < 4.78 is 5.69. The summed E-state index contributed by atoms with van der Waals surface area (Å²) in [6.45, 7) is 2.04. The lowest BCUT2D eigenvalue weighted by Gasteiger charge is -2.17. The van der Waals surface area contributed by atoms with Crippen molar-refractivity contribution in [1.29, 1.82) is 0 Å². The number of carbonyl (C=O) groups is 2. The molecule has 1 N–H and O–H groups in total. The Labute approximate surface area is 175 Å². The average Bonchev–Trinajstić information content (AvgIpc) is 3.42. The van der Waals surface area contributed by atoms with Crippen LogP contribution in [0.1, 0.15) is 41.6 Å². The molecule has 2 aliphatic heterocycles. The van der Waals surface area contributed by atoms with Gasteiger partial charge in [0.25, 0.3) is 5.91 Å². The van der Waals surface area contributed by atoms with E-state index in [2.05, 4.69) is 5.32 Å². The highest BCUT2D eigenvalue weighted by atomic mass is 32.2. The van der Waals surface area contributed by atoms with Gasteiger partial charge in [-0.2, -0.15) is 0 Å². The lowest BCUT2D eigenvalue weighted by molar-refractivity contribution is -0.117. The molecule has 0 bridgehead atoms. The van der Waals surface area contributed by atoms with Gasteiger partial charge in [0.2, 0.25) is 5.91 Å². The third-order valence-corrected chi connectivity index (χ3v) is 6.53. The minimum Gasteiger partial charge on any atom is -0.377 e. The van der Waals surface area contributed by atoms with Crippen molar-refractivity contribution in [1.82, 2.24) is 5.32 Å². The molecule has 4 rings (SSSR count). The van der Waals surface area contributed by atoms with Gasteiger partial charge in [0.05, 0.1) is 11.7 Å². The summed E-state index contributed by atoms with van der Waals surface area (Å²) in [5.74, 6) is 0.961. The van der Waals surface area contributed by atoms with Crippen molar-refractivity contribution in [3.63, 3.8) is 0 Å². The largest absolute Gasteiger partial charge is 0.377 e. The van der Waals surface area contributed by atoms with Crippen LogP contribution in [0.5, 0.6) is 0 Å². The van der Waals surface area contributed by atoms with Crippen molar-refractivity contribution in [2.24, 2.45) is 0 Å². The first-order valence-corrected chi connectivity index (χ1v) is 11.2. The zero-order valence-corrected chi connectivity index (χ0v) is 17.2. The summed E-state index contributed by atoms with van der Waals surface area (Å²) in [5, 5.41) is 3.03. The molecule has 0 saturated carbocycles. The van der Waals surface area contributed by atoms with Crippen LogP contribution in [-0.2, 0) is 16.1 Å². The van der Waals surface area contributed by atoms with Gasteiger partial charge in [-0.1, -0.05) is 24.3 Å². The van der Waals surface area contributed by atoms with Crippen molar-refractivity contribution in [3.8, 4) is 0 Å². The van der Waals surface area contributed by atoms with Crippen LogP contribution in [0.25, 0.3) is 0 Å². The van der Waals surface area contributed by atoms with Crippen LogP contribution in [0.3, 0.4) is 0 Å². The molecule has 0 aromatic heterocycles. The molecule has 6 heteroatoms. The van der Waals surface area contributed by atoms with Gasteiger partial charge in [0.15, 0.2) is 0 Å². The van der Waals surface area contributed by atoms with Gasteiger partial charge in [-0.15, -0.1) is 11.8 Å². The second kappa shape index (κ2) is 9.46. The van der Waals surface area contributed by atoms with Gasteiger partial charge in [-0.3, -0.25) is 9.59 Å². The SMILES string of the molecule is O=C(NCc1cccc(N2CCCC2=O)c1)c1ccccc1SCC1CCCO1. The zero-order valence-electron chi connectivity index (χ0n) is 16.4. The highest BCUT2D eigenvalue weighted by Gasteiger charge is 2.22. The quantitative estimate of drug-likeness (QED) is 0.701. The van der Waals surface area contributed by atoms with Crippen molar-refractivity contribution in [3.05, 3.63) is 59.7 Å². The Morgan fingerprint density at radius 1 is 1.17 bits per heavy atom. The maximum Gasteiger partial charge on any atom is 0.252 e. The van der Waals surface area contributed by atoms with Crippen molar-refractivity contribution >= 4 is 29.3 Å². The summed E-state index contributed by atoms with van der Waals surface area (Å²) in [6.07, 6.45) is 4.01. The van der Waals surface area contributed by atoms with Crippen LogP contribution in [0.2, 0.25) is 0 Å². The summed E-state index contributed by atoms with van der Waals surface area (Å²) >= 11 is 1.68. The molecule has 1 unspecified atom stereocenters. The van der Waals surface area contributed by atoms with E-state index < -0.39 is 0 Å². The van der Waals surface area contributed by atoms with E-state index in [0.29, 0.717) is 18.5 Å². The van der Waals surface area contributed by atoms with Gasteiger partial charge in [-0.05, 0) is 49.1 Å². The molecule has 2 heterocycles.